The molecule has 0 aromatic heterocycles. The van der Waals surface area contributed by atoms with Gasteiger partial charge in [0.1, 0.15) is 0 Å². The molecule has 0 aliphatic rings. The van der Waals surface area contributed by atoms with E-state index in [0.717, 1.165) is 18.5 Å². The van der Waals surface area contributed by atoms with Crippen LogP contribution in [0.4, 0.5) is 0 Å². The number of nitrogens with one attached hydrogen (secondary N) is 1. The SMILES string of the molecule is CC(C)C(CN(C)C)NC(=O)c1cccc(CCN)c1. The number of nitrogens with two attached hydrogens (primary N) is 1. The molecule has 1 rings (SSSR count). The Morgan fingerprint density at radius 2 is 2.05 bits per heavy atom. The lowest BCUT2D eigenvalue weighted by Crippen LogP contribution is -2.45. The maximum Gasteiger partial charge on any atom is 0.251 e. The van der Waals surface area contributed by atoms with Gasteiger partial charge in [0.25, 0.3) is 5.91 Å². The molecule has 1 amide bonds. The van der Waals surface area contributed by atoms with Crippen molar-refractivity contribution in [1.29, 1.82) is 0 Å². The van der Waals surface area contributed by atoms with Gasteiger partial charge in [0, 0.05) is 18.2 Å². The minimum absolute atomic E-state index is 0.00979. The maximum absolute atomic E-state index is 12.3. The summed E-state index contributed by atoms with van der Waals surface area (Å²) in [5, 5.41) is 3.12. The Morgan fingerprint density at radius 3 is 2.60 bits per heavy atom. The highest BCUT2D eigenvalue weighted by molar-refractivity contribution is 5.94. The van der Waals surface area contributed by atoms with Crippen molar-refractivity contribution in [2.45, 2.75) is 26.3 Å². The summed E-state index contributed by atoms with van der Waals surface area (Å²) in [7, 11) is 4.03. The van der Waals surface area contributed by atoms with Crippen LogP contribution >= 0.6 is 0 Å². The van der Waals surface area contributed by atoms with E-state index < -0.39 is 0 Å². The Kier molecular flexibility index (Phi) is 6.68. The van der Waals surface area contributed by atoms with Gasteiger partial charge in [0.2, 0.25) is 0 Å². The third-order valence-corrected chi connectivity index (χ3v) is 3.31. The van der Waals surface area contributed by atoms with Gasteiger partial charge in [0.15, 0.2) is 0 Å². The Bertz CT molecular complexity index is 429. The second-order valence-electron chi connectivity index (χ2n) is 5.83. The summed E-state index contributed by atoms with van der Waals surface area (Å²) in [5.41, 5.74) is 7.37. The van der Waals surface area contributed by atoms with Crippen LogP contribution in [-0.4, -0.2) is 44.0 Å². The highest BCUT2D eigenvalue weighted by Crippen LogP contribution is 2.08. The molecular weight excluding hydrogens is 250 g/mol. The fourth-order valence-corrected chi connectivity index (χ4v) is 2.10. The van der Waals surface area contributed by atoms with Gasteiger partial charge in [-0.3, -0.25) is 4.79 Å². The standard InChI is InChI=1S/C16H27N3O/c1-12(2)15(11-19(3)4)18-16(20)14-7-5-6-13(10-14)8-9-17/h5-7,10,12,15H,8-9,11,17H2,1-4H3,(H,18,20). The predicted octanol–water partition coefficient (Wildman–Crippen LogP) is 1.50. The highest BCUT2D eigenvalue weighted by Gasteiger charge is 2.17. The summed E-state index contributed by atoms with van der Waals surface area (Å²) in [6, 6.07) is 7.84. The molecule has 1 aromatic rings. The summed E-state index contributed by atoms with van der Waals surface area (Å²) in [6.07, 6.45) is 0.798. The predicted molar refractivity (Wildman–Crippen MR) is 83.8 cm³/mol. The molecule has 4 heteroatoms. The molecule has 0 aliphatic heterocycles. The van der Waals surface area contributed by atoms with E-state index >= 15 is 0 Å². The Morgan fingerprint density at radius 1 is 1.35 bits per heavy atom. The van der Waals surface area contributed by atoms with Crippen LogP contribution in [0.15, 0.2) is 24.3 Å². The van der Waals surface area contributed by atoms with Crippen molar-refractivity contribution in [3.05, 3.63) is 35.4 Å². The van der Waals surface area contributed by atoms with E-state index in [1.807, 2.05) is 38.4 Å². The molecule has 0 bridgehead atoms. The van der Waals surface area contributed by atoms with Crippen LogP contribution in [0.5, 0.6) is 0 Å². The number of rotatable bonds is 7. The molecule has 0 radical (unpaired) electrons. The van der Waals surface area contributed by atoms with Crippen molar-refractivity contribution >= 4 is 5.91 Å². The van der Waals surface area contributed by atoms with E-state index in [-0.39, 0.29) is 11.9 Å². The van der Waals surface area contributed by atoms with Crippen LogP contribution in [0.2, 0.25) is 0 Å². The third-order valence-electron chi connectivity index (χ3n) is 3.31. The Hall–Kier alpha value is -1.39. The third kappa shape index (κ3) is 5.31. The van der Waals surface area contributed by atoms with E-state index in [0.29, 0.717) is 18.0 Å². The van der Waals surface area contributed by atoms with Crippen LogP contribution in [0, 0.1) is 5.92 Å². The van der Waals surface area contributed by atoms with Crippen LogP contribution in [0.1, 0.15) is 29.8 Å². The molecule has 1 aromatic carbocycles. The second-order valence-corrected chi connectivity index (χ2v) is 5.83. The molecule has 4 nitrogen and oxygen atoms in total. The normalized spacial score (nSPS) is 12.8. The first-order valence-corrected chi connectivity index (χ1v) is 7.18. The number of amides is 1. The highest BCUT2D eigenvalue weighted by atomic mass is 16.1. The molecule has 0 spiro atoms. The second kappa shape index (κ2) is 8.02. The van der Waals surface area contributed by atoms with Gasteiger partial charge in [-0.05, 0) is 50.7 Å². The van der Waals surface area contributed by atoms with E-state index in [1.165, 1.54) is 0 Å². The first kappa shape index (κ1) is 16.7. The minimum Gasteiger partial charge on any atom is -0.348 e. The maximum atomic E-state index is 12.3. The van der Waals surface area contributed by atoms with Gasteiger partial charge in [0.05, 0.1) is 0 Å². The number of benzene rings is 1. The van der Waals surface area contributed by atoms with Crippen molar-refractivity contribution in [2.24, 2.45) is 11.7 Å². The molecule has 0 heterocycles. The monoisotopic (exact) mass is 277 g/mol. The van der Waals surface area contributed by atoms with E-state index in [9.17, 15) is 4.79 Å². The molecule has 112 valence electrons. The zero-order chi connectivity index (χ0) is 15.1. The Balaban J connectivity index is 2.75. The molecule has 0 aliphatic carbocycles. The topological polar surface area (TPSA) is 58.4 Å². The van der Waals surface area contributed by atoms with Crippen molar-refractivity contribution in [3.8, 4) is 0 Å². The number of carbonyl (C=O) groups excluding carboxylic acids is 1. The van der Waals surface area contributed by atoms with Crippen molar-refractivity contribution in [1.82, 2.24) is 10.2 Å². The lowest BCUT2D eigenvalue weighted by molar-refractivity contribution is 0.0916. The zero-order valence-electron chi connectivity index (χ0n) is 13.0. The number of carbonyl (C=O) groups is 1. The van der Waals surface area contributed by atoms with Crippen molar-refractivity contribution in [2.75, 3.05) is 27.2 Å². The fraction of sp³-hybridized carbons (Fsp3) is 0.562. The van der Waals surface area contributed by atoms with Crippen LogP contribution < -0.4 is 11.1 Å². The number of likely N-dealkylation sites (N-methyl/N-ethyl adjacent to an activating group) is 1. The first-order valence-electron chi connectivity index (χ1n) is 7.18. The van der Waals surface area contributed by atoms with Gasteiger partial charge in [-0.25, -0.2) is 0 Å². The molecule has 20 heavy (non-hydrogen) atoms. The lowest BCUT2D eigenvalue weighted by atomic mass is 10.0. The Labute approximate surface area is 122 Å². The lowest BCUT2D eigenvalue weighted by Gasteiger charge is -2.25. The number of hydrogen-bond donors (Lipinski definition) is 2. The fourth-order valence-electron chi connectivity index (χ4n) is 2.10. The van der Waals surface area contributed by atoms with Crippen molar-refractivity contribution in [3.63, 3.8) is 0 Å². The van der Waals surface area contributed by atoms with Gasteiger partial charge < -0.3 is 16.0 Å². The smallest absolute Gasteiger partial charge is 0.251 e. The number of hydrogen-bond acceptors (Lipinski definition) is 3. The minimum atomic E-state index is -0.00979. The average molecular weight is 277 g/mol. The molecule has 0 fully saturated rings. The van der Waals surface area contributed by atoms with Crippen molar-refractivity contribution < 1.29 is 4.79 Å². The molecule has 1 unspecified atom stereocenters. The van der Waals surface area contributed by atoms with E-state index in [2.05, 4.69) is 24.1 Å². The molecule has 0 saturated carbocycles. The van der Waals surface area contributed by atoms with Crippen LogP contribution in [0.3, 0.4) is 0 Å². The van der Waals surface area contributed by atoms with Crippen LogP contribution in [0.25, 0.3) is 0 Å². The van der Waals surface area contributed by atoms with Gasteiger partial charge in [-0.2, -0.15) is 0 Å². The largest absolute Gasteiger partial charge is 0.348 e. The van der Waals surface area contributed by atoms with Gasteiger partial charge in [-0.1, -0.05) is 26.0 Å². The summed E-state index contributed by atoms with van der Waals surface area (Å²) >= 11 is 0. The van der Waals surface area contributed by atoms with E-state index in [4.69, 9.17) is 5.73 Å². The molecule has 1 atom stereocenters. The molecular formula is C16H27N3O. The molecule has 0 saturated heterocycles. The van der Waals surface area contributed by atoms with E-state index in [1.54, 1.807) is 0 Å². The van der Waals surface area contributed by atoms with Gasteiger partial charge in [-0.15, -0.1) is 0 Å². The molecule has 3 N–H and O–H groups in total. The average Bonchev–Trinajstić information content (AvgIpc) is 2.38. The quantitative estimate of drug-likeness (QED) is 0.794. The first-order chi connectivity index (χ1) is 9.43. The number of nitrogens with zero attached hydrogens (tertiary/aromatic N) is 1. The van der Waals surface area contributed by atoms with Gasteiger partial charge >= 0.3 is 0 Å². The summed E-state index contributed by atoms with van der Waals surface area (Å²) in [5.74, 6) is 0.387. The summed E-state index contributed by atoms with van der Waals surface area (Å²) in [6.45, 7) is 5.69. The summed E-state index contributed by atoms with van der Waals surface area (Å²) < 4.78 is 0. The summed E-state index contributed by atoms with van der Waals surface area (Å²) in [4.78, 5) is 14.4. The van der Waals surface area contributed by atoms with Crippen LogP contribution in [-0.2, 0) is 6.42 Å². The zero-order valence-corrected chi connectivity index (χ0v) is 13.0.